The number of amides is 2. The van der Waals surface area contributed by atoms with Crippen LogP contribution in [0.15, 0.2) is 42.5 Å². The van der Waals surface area contributed by atoms with Gasteiger partial charge in [-0.25, -0.2) is 4.79 Å². The molecule has 132 valence electrons. The van der Waals surface area contributed by atoms with E-state index >= 15 is 0 Å². The molecular formula is C22H15NO4. The molecule has 0 saturated carbocycles. The first-order valence-corrected chi connectivity index (χ1v) is 8.25. The molecular weight excluding hydrogens is 342 g/mol. The summed E-state index contributed by atoms with van der Waals surface area (Å²) in [5.41, 5.74) is 2.84. The van der Waals surface area contributed by atoms with Gasteiger partial charge in [0.25, 0.3) is 11.8 Å². The topological polar surface area (TPSA) is 63.7 Å². The fraction of sp³-hybridized carbons (Fsp3) is 0.136. The number of nitrogens with zero attached hydrogens (tertiary/aromatic N) is 1. The molecule has 0 radical (unpaired) electrons. The Hall–Kier alpha value is -3.83. The highest BCUT2D eigenvalue weighted by molar-refractivity contribution is 6.03. The van der Waals surface area contributed by atoms with Crippen molar-refractivity contribution >= 4 is 17.8 Å². The van der Waals surface area contributed by atoms with Gasteiger partial charge in [-0.3, -0.25) is 9.59 Å². The molecule has 5 heteroatoms. The van der Waals surface area contributed by atoms with Crippen molar-refractivity contribution < 1.29 is 19.2 Å². The predicted octanol–water partition coefficient (Wildman–Crippen LogP) is 2.60. The zero-order valence-corrected chi connectivity index (χ0v) is 14.6. The van der Waals surface area contributed by atoms with Crippen LogP contribution in [0.1, 0.15) is 45.5 Å². The highest BCUT2D eigenvalue weighted by atomic mass is 16.7. The first kappa shape index (κ1) is 18.0. The van der Waals surface area contributed by atoms with Crippen LogP contribution in [-0.2, 0) is 14.4 Å². The van der Waals surface area contributed by atoms with E-state index in [2.05, 4.69) is 17.8 Å². The van der Waals surface area contributed by atoms with E-state index in [1.165, 1.54) is 6.07 Å². The SMILES string of the molecule is C#Cc1ccc(C#Cc2ccc(C)cc2)c(C(=O)ON2C(=O)CCC2=O)c1. The minimum Gasteiger partial charge on any atom is -0.325 e. The Balaban J connectivity index is 1.93. The lowest BCUT2D eigenvalue weighted by Crippen LogP contribution is -2.32. The number of hydrogen-bond acceptors (Lipinski definition) is 4. The molecule has 0 atom stereocenters. The lowest BCUT2D eigenvalue weighted by molar-refractivity contribution is -0.172. The number of imide groups is 1. The standard InChI is InChI=1S/C22H15NO4/c1-3-16-8-10-18(11-9-17-6-4-15(2)5-7-17)19(14-16)22(26)27-23-20(24)12-13-21(23)25/h1,4-8,10,14H,12-13H2,2H3. The van der Waals surface area contributed by atoms with Crippen LogP contribution in [-0.4, -0.2) is 22.8 Å². The second-order valence-electron chi connectivity index (χ2n) is 5.98. The molecule has 0 N–H and O–H groups in total. The van der Waals surface area contributed by atoms with Gasteiger partial charge in [-0.2, -0.15) is 0 Å². The summed E-state index contributed by atoms with van der Waals surface area (Å²) in [4.78, 5) is 40.9. The van der Waals surface area contributed by atoms with Gasteiger partial charge in [0.1, 0.15) is 0 Å². The van der Waals surface area contributed by atoms with Crippen molar-refractivity contribution in [1.29, 1.82) is 0 Å². The van der Waals surface area contributed by atoms with Gasteiger partial charge in [0, 0.05) is 29.5 Å². The van der Waals surface area contributed by atoms with Gasteiger partial charge in [-0.15, -0.1) is 11.5 Å². The second-order valence-corrected chi connectivity index (χ2v) is 5.98. The quantitative estimate of drug-likeness (QED) is 0.612. The summed E-state index contributed by atoms with van der Waals surface area (Å²) in [6.45, 7) is 1.98. The fourth-order valence-corrected chi connectivity index (χ4v) is 2.48. The van der Waals surface area contributed by atoms with Crippen molar-refractivity contribution in [3.05, 3.63) is 70.3 Å². The van der Waals surface area contributed by atoms with Gasteiger partial charge >= 0.3 is 5.97 Å². The number of hydrogen-bond donors (Lipinski definition) is 0. The van der Waals surface area contributed by atoms with Crippen LogP contribution in [0.2, 0.25) is 0 Å². The minimum atomic E-state index is -0.857. The maximum atomic E-state index is 12.5. The van der Waals surface area contributed by atoms with Crippen LogP contribution in [0, 0.1) is 31.1 Å². The summed E-state index contributed by atoms with van der Waals surface area (Å²) in [6, 6.07) is 12.3. The van der Waals surface area contributed by atoms with E-state index in [1.807, 2.05) is 31.2 Å². The fourth-order valence-electron chi connectivity index (χ4n) is 2.48. The molecule has 1 saturated heterocycles. The molecule has 2 aromatic rings. The number of benzene rings is 2. The van der Waals surface area contributed by atoms with Gasteiger partial charge in [-0.1, -0.05) is 35.5 Å². The Kier molecular flexibility index (Phi) is 5.06. The molecule has 1 aliphatic heterocycles. The van der Waals surface area contributed by atoms with E-state index in [-0.39, 0.29) is 18.4 Å². The van der Waals surface area contributed by atoms with E-state index < -0.39 is 17.8 Å². The summed E-state index contributed by atoms with van der Waals surface area (Å²) < 4.78 is 0. The molecule has 2 aromatic carbocycles. The second kappa shape index (κ2) is 7.59. The van der Waals surface area contributed by atoms with E-state index in [0.717, 1.165) is 11.1 Å². The summed E-state index contributed by atoms with van der Waals surface area (Å²) >= 11 is 0. The van der Waals surface area contributed by atoms with Crippen molar-refractivity contribution in [3.63, 3.8) is 0 Å². The molecule has 5 nitrogen and oxygen atoms in total. The molecule has 1 aliphatic rings. The highest BCUT2D eigenvalue weighted by Gasteiger charge is 2.33. The zero-order valence-electron chi connectivity index (χ0n) is 14.6. The molecule has 0 bridgehead atoms. The number of rotatable bonds is 2. The summed E-state index contributed by atoms with van der Waals surface area (Å²) in [7, 11) is 0. The Morgan fingerprint density at radius 3 is 2.26 bits per heavy atom. The van der Waals surface area contributed by atoms with Gasteiger partial charge in [0.05, 0.1) is 5.56 Å². The summed E-state index contributed by atoms with van der Waals surface area (Å²) in [6.07, 6.45) is 5.45. The summed E-state index contributed by atoms with van der Waals surface area (Å²) in [5.74, 6) is 6.38. The highest BCUT2D eigenvalue weighted by Crippen LogP contribution is 2.17. The average Bonchev–Trinajstić information content (AvgIpc) is 2.99. The molecule has 2 amide bonds. The van der Waals surface area contributed by atoms with Crippen molar-refractivity contribution in [2.45, 2.75) is 19.8 Å². The van der Waals surface area contributed by atoms with Crippen LogP contribution in [0.4, 0.5) is 0 Å². The molecule has 3 rings (SSSR count). The monoisotopic (exact) mass is 357 g/mol. The average molecular weight is 357 g/mol. The third kappa shape index (κ3) is 4.05. The van der Waals surface area contributed by atoms with Crippen molar-refractivity contribution in [1.82, 2.24) is 5.06 Å². The van der Waals surface area contributed by atoms with Crippen LogP contribution < -0.4 is 0 Å². The number of hydroxylamine groups is 2. The Morgan fingerprint density at radius 1 is 1.00 bits per heavy atom. The van der Waals surface area contributed by atoms with Crippen molar-refractivity contribution in [3.8, 4) is 24.2 Å². The van der Waals surface area contributed by atoms with Crippen LogP contribution in [0.25, 0.3) is 0 Å². The molecule has 1 heterocycles. The van der Waals surface area contributed by atoms with E-state index in [4.69, 9.17) is 11.3 Å². The smallest absolute Gasteiger partial charge is 0.325 e. The molecule has 1 fully saturated rings. The lowest BCUT2D eigenvalue weighted by Gasteiger charge is -2.13. The van der Waals surface area contributed by atoms with E-state index in [0.29, 0.717) is 16.2 Å². The lowest BCUT2D eigenvalue weighted by atomic mass is 10.0. The first-order valence-electron chi connectivity index (χ1n) is 8.25. The van der Waals surface area contributed by atoms with Gasteiger partial charge in [0.2, 0.25) is 0 Å². The van der Waals surface area contributed by atoms with E-state index in [9.17, 15) is 14.4 Å². The van der Waals surface area contributed by atoms with Gasteiger partial charge in [0.15, 0.2) is 0 Å². The molecule has 0 aliphatic carbocycles. The maximum Gasteiger partial charge on any atom is 0.365 e. The number of carbonyl (C=O) groups excluding carboxylic acids is 3. The normalized spacial score (nSPS) is 13.0. The van der Waals surface area contributed by atoms with Crippen molar-refractivity contribution in [2.75, 3.05) is 0 Å². The molecule has 0 unspecified atom stereocenters. The number of aryl methyl sites for hydroxylation is 1. The Labute approximate surface area is 156 Å². The summed E-state index contributed by atoms with van der Waals surface area (Å²) in [5, 5.41) is 0.502. The number of carbonyl (C=O) groups is 3. The maximum absolute atomic E-state index is 12.5. The van der Waals surface area contributed by atoms with Crippen LogP contribution >= 0.6 is 0 Å². The third-order valence-electron chi connectivity index (χ3n) is 3.98. The van der Waals surface area contributed by atoms with Gasteiger partial charge in [-0.05, 0) is 37.3 Å². The van der Waals surface area contributed by atoms with Crippen LogP contribution in [0.3, 0.4) is 0 Å². The number of terminal acetylenes is 1. The Morgan fingerprint density at radius 2 is 1.63 bits per heavy atom. The molecule has 0 spiro atoms. The third-order valence-corrected chi connectivity index (χ3v) is 3.98. The van der Waals surface area contributed by atoms with Gasteiger partial charge < -0.3 is 4.84 Å². The zero-order chi connectivity index (χ0) is 19.4. The molecule has 27 heavy (non-hydrogen) atoms. The predicted molar refractivity (Wildman–Crippen MR) is 98.0 cm³/mol. The largest absolute Gasteiger partial charge is 0.365 e. The minimum absolute atomic E-state index is 0.0244. The van der Waals surface area contributed by atoms with Crippen molar-refractivity contribution in [2.24, 2.45) is 0 Å². The molecule has 0 aromatic heterocycles. The van der Waals surface area contributed by atoms with Crippen LogP contribution in [0.5, 0.6) is 0 Å². The van der Waals surface area contributed by atoms with E-state index in [1.54, 1.807) is 12.1 Å². The first-order chi connectivity index (χ1) is 13.0. The Bertz CT molecular complexity index is 1020.